The van der Waals surface area contributed by atoms with Gasteiger partial charge in [-0.2, -0.15) is 0 Å². The summed E-state index contributed by atoms with van der Waals surface area (Å²) in [7, 11) is 0. The van der Waals surface area contributed by atoms with Crippen molar-refractivity contribution in [2.75, 3.05) is 6.54 Å². The van der Waals surface area contributed by atoms with Crippen molar-refractivity contribution in [2.45, 2.75) is 33.2 Å². The first-order valence-electron chi connectivity index (χ1n) is 5.98. The molecule has 1 unspecified atom stereocenters. The Hall–Kier alpha value is -1.42. The van der Waals surface area contributed by atoms with E-state index < -0.39 is 0 Å². The fourth-order valence-corrected chi connectivity index (χ4v) is 1.57. The van der Waals surface area contributed by atoms with Crippen LogP contribution in [0.1, 0.15) is 26.3 Å². The van der Waals surface area contributed by atoms with Crippen molar-refractivity contribution >= 4 is 5.69 Å². The van der Waals surface area contributed by atoms with Crippen molar-refractivity contribution in [2.24, 2.45) is 5.92 Å². The van der Waals surface area contributed by atoms with Crippen molar-refractivity contribution in [3.05, 3.63) is 39.9 Å². The average molecular weight is 236 g/mol. The van der Waals surface area contributed by atoms with E-state index in [0.29, 0.717) is 18.4 Å². The van der Waals surface area contributed by atoms with E-state index in [1.165, 1.54) is 0 Å². The maximum Gasteiger partial charge on any atom is 0.272 e. The van der Waals surface area contributed by atoms with Crippen LogP contribution in [-0.2, 0) is 6.42 Å². The van der Waals surface area contributed by atoms with E-state index in [1.54, 1.807) is 12.1 Å². The molecule has 0 bridgehead atoms. The summed E-state index contributed by atoms with van der Waals surface area (Å²) in [6.45, 7) is 7.21. The lowest BCUT2D eigenvalue weighted by molar-refractivity contribution is -0.385. The molecule has 0 saturated carbocycles. The van der Waals surface area contributed by atoms with Crippen LogP contribution in [0.5, 0.6) is 0 Å². The molecule has 1 N–H and O–H groups in total. The molecule has 0 aromatic heterocycles. The summed E-state index contributed by atoms with van der Waals surface area (Å²) < 4.78 is 0. The summed E-state index contributed by atoms with van der Waals surface area (Å²) in [6, 6.07) is 7.35. The molecule has 0 aliphatic carbocycles. The topological polar surface area (TPSA) is 55.2 Å². The molecular formula is C13H20N2O2. The van der Waals surface area contributed by atoms with Crippen LogP contribution in [0.3, 0.4) is 0 Å². The van der Waals surface area contributed by atoms with Gasteiger partial charge in [0.15, 0.2) is 0 Å². The maximum atomic E-state index is 10.8. The van der Waals surface area contributed by atoms with Gasteiger partial charge in [0, 0.05) is 17.7 Å². The number of hydrogen-bond donors (Lipinski definition) is 1. The third-order valence-electron chi connectivity index (χ3n) is 3.05. The second kappa shape index (κ2) is 6.35. The van der Waals surface area contributed by atoms with Crippen LogP contribution in [0, 0.1) is 16.0 Å². The molecule has 0 aliphatic rings. The first-order chi connectivity index (χ1) is 8.02. The molecule has 1 atom stereocenters. The first-order valence-corrected chi connectivity index (χ1v) is 5.98. The molecule has 0 spiro atoms. The summed E-state index contributed by atoms with van der Waals surface area (Å²) >= 11 is 0. The van der Waals surface area contributed by atoms with Gasteiger partial charge in [0.25, 0.3) is 5.69 Å². The summed E-state index contributed by atoms with van der Waals surface area (Å²) in [5, 5.41) is 14.2. The molecule has 94 valence electrons. The molecule has 1 aromatic rings. The molecule has 4 heteroatoms. The zero-order valence-electron chi connectivity index (χ0n) is 10.6. The normalized spacial score (nSPS) is 12.7. The first kappa shape index (κ1) is 13.6. The number of nitro benzene ring substituents is 1. The van der Waals surface area contributed by atoms with Crippen LogP contribution in [0.2, 0.25) is 0 Å². The minimum Gasteiger partial charge on any atom is -0.314 e. The van der Waals surface area contributed by atoms with Crippen molar-refractivity contribution < 1.29 is 4.92 Å². The Balaban J connectivity index is 2.55. The average Bonchev–Trinajstić information content (AvgIpc) is 2.29. The van der Waals surface area contributed by atoms with E-state index in [4.69, 9.17) is 0 Å². The number of nitrogens with one attached hydrogen (secondary N) is 1. The van der Waals surface area contributed by atoms with Crippen LogP contribution in [-0.4, -0.2) is 17.5 Å². The highest BCUT2D eigenvalue weighted by atomic mass is 16.6. The quantitative estimate of drug-likeness (QED) is 0.610. The lowest BCUT2D eigenvalue weighted by Crippen LogP contribution is -2.32. The fourth-order valence-electron chi connectivity index (χ4n) is 1.57. The summed E-state index contributed by atoms with van der Waals surface area (Å²) in [6.07, 6.45) is 0.689. The molecule has 1 aromatic carbocycles. The highest BCUT2D eigenvalue weighted by molar-refractivity contribution is 5.39. The van der Waals surface area contributed by atoms with Gasteiger partial charge in [-0.1, -0.05) is 32.0 Å². The summed E-state index contributed by atoms with van der Waals surface area (Å²) in [5.41, 5.74) is 1.01. The monoisotopic (exact) mass is 236 g/mol. The standard InChI is InChI=1S/C13H20N2O2/c1-10(2)11(3)14-9-8-12-6-4-5-7-13(12)15(16)17/h4-7,10-11,14H,8-9H2,1-3H3. The van der Waals surface area contributed by atoms with Gasteiger partial charge < -0.3 is 5.32 Å². The van der Waals surface area contributed by atoms with Crippen LogP contribution < -0.4 is 5.32 Å². The number of nitrogens with zero attached hydrogens (tertiary/aromatic N) is 1. The van der Waals surface area contributed by atoms with E-state index in [9.17, 15) is 10.1 Å². The van der Waals surface area contributed by atoms with Gasteiger partial charge in [0.1, 0.15) is 0 Å². The predicted molar refractivity (Wildman–Crippen MR) is 69.1 cm³/mol. The van der Waals surface area contributed by atoms with Gasteiger partial charge >= 0.3 is 0 Å². The van der Waals surface area contributed by atoms with Gasteiger partial charge in [-0.05, 0) is 25.8 Å². The van der Waals surface area contributed by atoms with Crippen molar-refractivity contribution in [3.63, 3.8) is 0 Å². The predicted octanol–water partition coefficient (Wildman–Crippen LogP) is 2.77. The Labute approximate surface area is 102 Å². The minimum atomic E-state index is -0.318. The van der Waals surface area contributed by atoms with Crippen molar-refractivity contribution in [1.29, 1.82) is 0 Å². The van der Waals surface area contributed by atoms with Gasteiger partial charge in [-0.3, -0.25) is 10.1 Å². The molecule has 1 rings (SSSR count). The lowest BCUT2D eigenvalue weighted by atomic mass is 10.1. The second-order valence-electron chi connectivity index (χ2n) is 4.62. The Morgan fingerprint density at radius 1 is 1.29 bits per heavy atom. The second-order valence-corrected chi connectivity index (χ2v) is 4.62. The maximum absolute atomic E-state index is 10.8. The molecule has 0 saturated heterocycles. The van der Waals surface area contributed by atoms with Crippen LogP contribution in [0.4, 0.5) is 5.69 Å². The Morgan fingerprint density at radius 3 is 2.53 bits per heavy atom. The van der Waals surface area contributed by atoms with Gasteiger partial charge in [0.05, 0.1) is 4.92 Å². The molecule has 4 nitrogen and oxygen atoms in total. The van der Waals surface area contributed by atoms with E-state index >= 15 is 0 Å². The largest absolute Gasteiger partial charge is 0.314 e. The third-order valence-corrected chi connectivity index (χ3v) is 3.05. The van der Waals surface area contributed by atoms with Gasteiger partial charge in [-0.25, -0.2) is 0 Å². The van der Waals surface area contributed by atoms with Crippen molar-refractivity contribution in [3.8, 4) is 0 Å². The molecule has 17 heavy (non-hydrogen) atoms. The van der Waals surface area contributed by atoms with E-state index in [1.807, 2.05) is 12.1 Å². The van der Waals surface area contributed by atoms with Crippen molar-refractivity contribution in [1.82, 2.24) is 5.32 Å². The number of rotatable bonds is 6. The molecule has 0 radical (unpaired) electrons. The number of hydrogen-bond acceptors (Lipinski definition) is 3. The smallest absolute Gasteiger partial charge is 0.272 e. The highest BCUT2D eigenvalue weighted by Gasteiger charge is 2.12. The minimum absolute atomic E-state index is 0.214. The van der Waals surface area contributed by atoms with Crippen LogP contribution >= 0.6 is 0 Å². The fraction of sp³-hybridized carbons (Fsp3) is 0.538. The van der Waals surface area contributed by atoms with Gasteiger partial charge in [-0.15, -0.1) is 0 Å². The molecular weight excluding hydrogens is 216 g/mol. The third kappa shape index (κ3) is 4.15. The van der Waals surface area contributed by atoms with Gasteiger partial charge in [0.2, 0.25) is 0 Å². The highest BCUT2D eigenvalue weighted by Crippen LogP contribution is 2.17. The Morgan fingerprint density at radius 2 is 1.94 bits per heavy atom. The summed E-state index contributed by atoms with van der Waals surface area (Å²) in [5.74, 6) is 0.570. The molecule has 0 fully saturated rings. The van der Waals surface area contributed by atoms with E-state index in [-0.39, 0.29) is 10.6 Å². The number of para-hydroxylation sites is 1. The zero-order valence-corrected chi connectivity index (χ0v) is 10.6. The van der Waals surface area contributed by atoms with E-state index in [2.05, 4.69) is 26.1 Å². The van der Waals surface area contributed by atoms with Crippen LogP contribution in [0.15, 0.2) is 24.3 Å². The Kier molecular flexibility index (Phi) is 5.10. The molecule has 0 aliphatic heterocycles. The SMILES string of the molecule is CC(C)C(C)NCCc1ccccc1[N+](=O)[O-]. The summed E-state index contributed by atoms with van der Waals surface area (Å²) in [4.78, 5) is 10.5. The zero-order chi connectivity index (χ0) is 12.8. The molecule has 0 amide bonds. The number of benzene rings is 1. The Bertz CT molecular complexity index is 377. The molecule has 0 heterocycles. The number of nitro groups is 1. The van der Waals surface area contributed by atoms with E-state index in [0.717, 1.165) is 12.1 Å². The van der Waals surface area contributed by atoms with Crippen LogP contribution in [0.25, 0.3) is 0 Å². The lowest BCUT2D eigenvalue weighted by Gasteiger charge is -2.17.